The van der Waals surface area contributed by atoms with Crippen molar-refractivity contribution in [3.8, 4) is 0 Å². The molecule has 2 heteroatoms. The van der Waals surface area contributed by atoms with Crippen molar-refractivity contribution in [1.29, 1.82) is 0 Å². The molecule has 3 saturated carbocycles. The van der Waals surface area contributed by atoms with Crippen LogP contribution in [-0.2, 0) is 4.74 Å². The smallest absolute Gasteiger partial charge is 0.0765 e. The van der Waals surface area contributed by atoms with Crippen LogP contribution < -0.4 is 5.32 Å². The Bertz CT molecular complexity index is 758. The van der Waals surface area contributed by atoms with Crippen LogP contribution >= 0.6 is 0 Å². The summed E-state index contributed by atoms with van der Waals surface area (Å²) in [5, 5.41) is 3.88. The minimum absolute atomic E-state index is 0.102. The zero-order chi connectivity index (χ0) is 21.5. The second kappa shape index (κ2) is 7.33. The Labute approximate surface area is 191 Å². The van der Waals surface area contributed by atoms with Gasteiger partial charge in [-0.1, -0.05) is 45.3 Å². The van der Waals surface area contributed by atoms with Gasteiger partial charge < -0.3 is 10.1 Å². The quantitative estimate of drug-likeness (QED) is 0.434. The number of hydrogen-bond acceptors (Lipinski definition) is 2. The van der Waals surface area contributed by atoms with Crippen molar-refractivity contribution in [1.82, 2.24) is 5.32 Å². The van der Waals surface area contributed by atoms with E-state index in [4.69, 9.17) is 4.74 Å². The Hall–Kier alpha value is -0.340. The summed E-state index contributed by atoms with van der Waals surface area (Å²) in [5.41, 5.74) is 4.36. The van der Waals surface area contributed by atoms with E-state index in [1.807, 2.05) is 5.57 Å². The molecule has 0 aromatic carbocycles. The van der Waals surface area contributed by atoms with Gasteiger partial charge in [0.15, 0.2) is 0 Å². The number of allylic oxidation sites excluding steroid dienone is 1. The van der Waals surface area contributed by atoms with Crippen LogP contribution in [0.4, 0.5) is 0 Å². The molecule has 2 heterocycles. The minimum Gasteiger partial charge on any atom is -0.369 e. The predicted octanol–water partition coefficient (Wildman–Crippen LogP) is 6.75. The molecule has 1 N–H and O–H groups in total. The summed E-state index contributed by atoms with van der Waals surface area (Å²) in [5.74, 6) is 6.16. The van der Waals surface area contributed by atoms with E-state index in [1.165, 1.54) is 70.8 Å². The number of rotatable bonds is 0. The maximum absolute atomic E-state index is 7.05. The highest BCUT2D eigenvalue weighted by Crippen LogP contribution is 2.65. The number of fused-ring (bicyclic) bond motifs is 6. The van der Waals surface area contributed by atoms with Crippen LogP contribution in [0.2, 0.25) is 0 Å². The molecule has 11 atom stereocenters. The summed E-state index contributed by atoms with van der Waals surface area (Å²) < 4.78 is 7.05. The van der Waals surface area contributed by atoms with E-state index in [2.05, 4.69) is 39.9 Å². The molecule has 1 unspecified atom stereocenters. The molecular formula is C29H47NO. The molecule has 0 aromatic rings. The van der Waals surface area contributed by atoms with Gasteiger partial charge in [-0.05, 0) is 112 Å². The van der Waals surface area contributed by atoms with Gasteiger partial charge in [-0.2, -0.15) is 0 Å². The van der Waals surface area contributed by atoms with Crippen molar-refractivity contribution in [3.05, 3.63) is 11.1 Å². The average Bonchev–Trinajstić information content (AvgIpc) is 3.19. The molecule has 6 rings (SSSR count). The summed E-state index contributed by atoms with van der Waals surface area (Å²) in [6, 6.07) is 0.582. The Kier molecular flexibility index (Phi) is 5.01. The van der Waals surface area contributed by atoms with Gasteiger partial charge in [0, 0.05) is 12.0 Å². The third kappa shape index (κ3) is 3.09. The van der Waals surface area contributed by atoms with E-state index in [1.54, 1.807) is 5.57 Å². The number of ether oxygens (including phenoxy) is 1. The first-order valence-corrected chi connectivity index (χ1v) is 13.9. The van der Waals surface area contributed by atoms with Crippen LogP contribution in [0.15, 0.2) is 11.1 Å². The number of nitrogens with one attached hydrogen (secondary N) is 1. The lowest BCUT2D eigenvalue weighted by atomic mass is 9.51. The molecule has 0 radical (unpaired) electrons. The zero-order valence-electron chi connectivity index (χ0n) is 20.9. The molecule has 4 aliphatic carbocycles. The van der Waals surface area contributed by atoms with Crippen molar-refractivity contribution in [2.75, 3.05) is 6.54 Å². The lowest BCUT2D eigenvalue weighted by Gasteiger charge is -2.54. The second-order valence-corrected chi connectivity index (χ2v) is 13.5. The summed E-state index contributed by atoms with van der Waals surface area (Å²) in [6.07, 6.45) is 14.5. The van der Waals surface area contributed by atoms with Gasteiger partial charge in [0.1, 0.15) is 0 Å². The van der Waals surface area contributed by atoms with Crippen LogP contribution in [0, 0.1) is 46.8 Å². The van der Waals surface area contributed by atoms with E-state index in [-0.39, 0.29) is 5.60 Å². The van der Waals surface area contributed by atoms with Gasteiger partial charge in [-0.3, -0.25) is 0 Å². The Balaban J connectivity index is 1.27. The molecule has 6 aliphatic rings. The fraction of sp³-hybridized carbons (Fsp3) is 0.931. The summed E-state index contributed by atoms with van der Waals surface area (Å²) >= 11 is 0. The Morgan fingerprint density at radius 1 is 0.968 bits per heavy atom. The standard InChI is InChI=1S/C29H47NO/c1-17-8-10-28(5)21(12-17)6-7-23-22-9-11-29(15-19(3)24(22)14-25(23)28)20(4)27-26(31-29)13-18(2)16-30-27/h17-18,20-23,25-27,30H,6-16H2,1-5H3/t17?,18-,20+,21+,22-,23-,25-,26+,27-,28-,29-/m0/s1. The van der Waals surface area contributed by atoms with E-state index in [0.717, 1.165) is 35.5 Å². The lowest BCUT2D eigenvalue weighted by Crippen LogP contribution is -2.48. The van der Waals surface area contributed by atoms with Gasteiger partial charge in [-0.15, -0.1) is 0 Å². The summed E-state index contributed by atoms with van der Waals surface area (Å²) in [6.45, 7) is 13.8. The Morgan fingerprint density at radius 2 is 1.81 bits per heavy atom. The van der Waals surface area contributed by atoms with E-state index in [9.17, 15) is 0 Å². The SMILES string of the molecule is CC1=C2C[C@H]3[C@@H](CC[C@@H]4CC(C)CC[C@@]43C)[C@@H]2CC[C@@]2(C1)O[C@@H]1C[C@H](C)CN[C@H]1[C@H]2C. The fourth-order valence-electron chi connectivity index (χ4n) is 10.0. The van der Waals surface area contributed by atoms with Gasteiger partial charge in [0.05, 0.1) is 11.7 Å². The highest BCUT2D eigenvalue weighted by atomic mass is 16.5. The third-order valence-corrected chi connectivity index (χ3v) is 11.9. The normalized spacial score (nSPS) is 56.6. The van der Waals surface area contributed by atoms with Crippen molar-refractivity contribution < 1.29 is 4.74 Å². The molecule has 0 amide bonds. The highest BCUT2D eigenvalue weighted by Gasteiger charge is 2.59. The maximum atomic E-state index is 7.05. The predicted molar refractivity (Wildman–Crippen MR) is 128 cm³/mol. The third-order valence-electron chi connectivity index (χ3n) is 11.9. The van der Waals surface area contributed by atoms with Crippen molar-refractivity contribution >= 4 is 0 Å². The van der Waals surface area contributed by atoms with Crippen molar-refractivity contribution in [3.63, 3.8) is 0 Å². The van der Waals surface area contributed by atoms with E-state index in [0.29, 0.717) is 23.5 Å². The molecule has 2 aliphatic heterocycles. The Morgan fingerprint density at radius 3 is 2.65 bits per heavy atom. The average molecular weight is 426 g/mol. The first-order valence-electron chi connectivity index (χ1n) is 13.9. The van der Waals surface area contributed by atoms with E-state index >= 15 is 0 Å². The van der Waals surface area contributed by atoms with Crippen LogP contribution in [-0.4, -0.2) is 24.3 Å². The molecule has 0 aromatic heterocycles. The molecule has 2 saturated heterocycles. The van der Waals surface area contributed by atoms with Crippen molar-refractivity contribution in [2.24, 2.45) is 46.8 Å². The number of piperidine rings is 1. The maximum Gasteiger partial charge on any atom is 0.0765 e. The first-order chi connectivity index (χ1) is 14.8. The van der Waals surface area contributed by atoms with Gasteiger partial charge >= 0.3 is 0 Å². The molecule has 1 spiro atoms. The van der Waals surface area contributed by atoms with Crippen LogP contribution in [0.3, 0.4) is 0 Å². The van der Waals surface area contributed by atoms with Crippen LogP contribution in [0.5, 0.6) is 0 Å². The molecule has 0 bridgehead atoms. The molecule has 5 fully saturated rings. The fourth-order valence-corrected chi connectivity index (χ4v) is 10.0. The van der Waals surface area contributed by atoms with E-state index < -0.39 is 0 Å². The molecule has 174 valence electrons. The first kappa shape index (κ1) is 21.2. The topological polar surface area (TPSA) is 21.3 Å². The monoisotopic (exact) mass is 425 g/mol. The minimum atomic E-state index is 0.102. The summed E-state index contributed by atoms with van der Waals surface area (Å²) in [4.78, 5) is 0. The lowest BCUT2D eigenvalue weighted by molar-refractivity contribution is -0.0751. The van der Waals surface area contributed by atoms with Gasteiger partial charge in [0.25, 0.3) is 0 Å². The largest absolute Gasteiger partial charge is 0.369 e. The highest BCUT2D eigenvalue weighted by molar-refractivity contribution is 5.29. The molecule has 31 heavy (non-hydrogen) atoms. The molecular weight excluding hydrogens is 378 g/mol. The van der Waals surface area contributed by atoms with Crippen molar-refractivity contribution in [2.45, 2.75) is 117 Å². The van der Waals surface area contributed by atoms with Crippen LogP contribution in [0.1, 0.15) is 98.8 Å². The second-order valence-electron chi connectivity index (χ2n) is 13.5. The van der Waals surface area contributed by atoms with Gasteiger partial charge in [-0.25, -0.2) is 0 Å². The van der Waals surface area contributed by atoms with Crippen LogP contribution in [0.25, 0.3) is 0 Å². The van der Waals surface area contributed by atoms with Gasteiger partial charge in [0.2, 0.25) is 0 Å². The number of hydrogen-bond donors (Lipinski definition) is 1. The summed E-state index contributed by atoms with van der Waals surface area (Å²) in [7, 11) is 0. The molecule has 2 nitrogen and oxygen atoms in total. The zero-order valence-corrected chi connectivity index (χ0v) is 20.9.